The van der Waals surface area contributed by atoms with Gasteiger partial charge in [-0.1, -0.05) is 0 Å². The van der Waals surface area contributed by atoms with Crippen LogP contribution in [0.5, 0.6) is 0 Å². The summed E-state index contributed by atoms with van der Waals surface area (Å²) in [5.41, 5.74) is 5.51. The van der Waals surface area contributed by atoms with Gasteiger partial charge in [0, 0.05) is 19.0 Å². The second-order valence-electron chi connectivity index (χ2n) is 3.48. The minimum atomic E-state index is -3.08. The number of carbonyl (C=O) groups is 1. The van der Waals surface area contributed by atoms with Crippen LogP contribution in [-0.4, -0.2) is 43.0 Å². The lowest BCUT2D eigenvalue weighted by Crippen LogP contribution is -2.16. The van der Waals surface area contributed by atoms with Crippen molar-refractivity contribution in [2.45, 2.75) is 0 Å². The standard InChI is InChI=1S/C9H13N3O4S/c1-17(15,16)5-4-12-8-7(10)6(9(13)14)2-3-11-8/h2-3H,4-5,10H2,1H3,(H,11,12)(H,13,14). The van der Waals surface area contributed by atoms with Crippen molar-refractivity contribution < 1.29 is 18.3 Å². The number of aromatic nitrogens is 1. The number of carboxylic acid groups (broad SMARTS) is 1. The Balaban J connectivity index is 2.79. The number of aromatic carboxylic acids is 1. The van der Waals surface area contributed by atoms with Crippen molar-refractivity contribution >= 4 is 27.3 Å². The molecule has 0 aliphatic heterocycles. The molecule has 1 aromatic rings. The van der Waals surface area contributed by atoms with E-state index in [1.165, 1.54) is 12.3 Å². The van der Waals surface area contributed by atoms with E-state index in [9.17, 15) is 13.2 Å². The Morgan fingerprint density at radius 3 is 2.76 bits per heavy atom. The molecule has 0 radical (unpaired) electrons. The van der Waals surface area contributed by atoms with Gasteiger partial charge in [0.15, 0.2) is 0 Å². The maximum absolute atomic E-state index is 10.9. The molecule has 0 saturated heterocycles. The third kappa shape index (κ3) is 3.91. The number of sulfone groups is 1. The molecule has 4 N–H and O–H groups in total. The van der Waals surface area contributed by atoms with Gasteiger partial charge in [-0.25, -0.2) is 18.2 Å². The number of rotatable bonds is 5. The van der Waals surface area contributed by atoms with Gasteiger partial charge in [-0.3, -0.25) is 0 Å². The van der Waals surface area contributed by atoms with Gasteiger partial charge in [-0.2, -0.15) is 0 Å². The van der Waals surface area contributed by atoms with Crippen molar-refractivity contribution in [1.29, 1.82) is 0 Å². The lowest BCUT2D eigenvalue weighted by atomic mass is 10.2. The first kappa shape index (κ1) is 13.2. The second kappa shape index (κ2) is 5.00. The number of nitrogens with zero attached hydrogens (tertiary/aromatic N) is 1. The SMILES string of the molecule is CS(=O)(=O)CCNc1nccc(C(=O)O)c1N. The van der Waals surface area contributed by atoms with Gasteiger partial charge in [-0.05, 0) is 6.07 Å². The molecule has 0 aliphatic rings. The Hall–Kier alpha value is -1.83. The molecule has 0 aliphatic carbocycles. The van der Waals surface area contributed by atoms with Crippen molar-refractivity contribution in [3.8, 4) is 0 Å². The summed E-state index contributed by atoms with van der Waals surface area (Å²) in [5, 5.41) is 11.5. The average molecular weight is 259 g/mol. The van der Waals surface area contributed by atoms with E-state index < -0.39 is 15.8 Å². The molecule has 0 bridgehead atoms. The highest BCUT2D eigenvalue weighted by atomic mass is 32.2. The molecule has 8 heteroatoms. The summed E-state index contributed by atoms with van der Waals surface area (Å²) in [4.78, 5) is 14.6. The number of anilines is 2. The monoisotopic (exact) mass is 259 g/mol. The first-order chi connectivity index (χ1) is 7.81. The van der Waals surface area contributed by atoms with Gasteiger partial charge in [-0.15, -0.1) is 0 Å². The van der Waals surface area contributed by atoms with Gasteiger partial charge in [0.05, 0.1) is 17.0 Å². The molecule has 7 nitrogen and oxygen atoms in total. The molecule has 0 fully saturated rings. The van der Waals surface area contributed by atoms with Crippen LogP contribution in [-0.2, 0) is 9.84 Å². The molecular weight excluding hydrogens is 246 g/mol. The zero-order valence-corrected chi connectivity index (χ0v) is 9.99. The molecule has 94 valence electrons. The van der Waals surface area contributed by atoms with E-state index in [2.05, 4.69) is 10.3 Å². The third-order valence-corrected chi connectivity index (χ3v) is 2.93. The molecule has 1 aromatic heterocycles. The quantitative estimate of drug-likeness (QED) is 0.670. The van der Waals surface area contributed by atoms with Crippen molar-refractivity contribution in [2.24, 2.45) is 0 Å². The Labute approximate surface area is 98.6 Å². The maximum Gasteiger partial charge on any atom is 0.337 e. The smallest absolute Gasteiger partial charge is 0.337 e. The molecule has 0 amide bonds. The highest BCUT2D eigenvalue weighted by Crippen LogP contribution is 2.19. The second-order valence-corrected chi connectivity index (χ2v) is 5.74. The van der Waals surface area contributed by atoms with Crippen molar-refractivity contribution in [2.75, 3.05) is 29.6 Å². The van der Waals surface area contributed by atoms with Gasteiger partial charge >= 0.3 is 5.97 Å². The van der Waals surface area contributed by atoms with Crippen molar-refractivity contribution in [3.63, 3.8) is 0 Å². The highest BCUT2D eigenvalue weighted by molar-refractivity contribution is 7.90. The number of nitrogens with one attached hydrogen (secondary N) is 1. The Morgan fingerprint density at radius 1 is 1.59 bits per heavy atom. The van der Waals surface area contributed by atoms with Crippen molar-refractivity contribution in [3.05, 3.63) is 17.8 Å². The molecule has 1 heterocycles. The summed E-state index contributed by atoms with van der Waals surface area (Å²) in [7, 11) is -3.08. The Morgan fingerprint density at radius 2 is 2.24 bits per heavy atom. The Bertz CT molecular complexity index is 527. The molecule has 0 aromatic carbocycles. The van der Waals surface area contributed by atoms with Crippen LogP contribution in [0.25, 0.3) is 0 Å². The molecule has 0 atom stereocenters. The van der Waals surface area contributed by atoms with E-state index in [-0.39, 0.29) is 29.4 Å². The minimum Gasteiger partial charge on any atom is -0.478 e. The van der Waals surface area contributed by atoms with Gasteiger partial charge in [0.2, 0.25) is 0 Å². The fourth-order valence-corrected chi connectivity index (χ4v) is 1.63. The van der Waals surface area contributed by atoms with E-state index in [1.807, 2.05) is 0 Å². The zero-order valence-electron chi connectivity index (χ0n) is 9.17. The lowest BCUT2D eigenvalue weighted by Gasteiger charge is -2.09. The lowest BCUT2D eigenvalue weighted by molar-refractivity contribution is 0.0698. The van der Waals surface area contributed by atoms with Crippen LogP contribution in [0.3, 0.4) is 0 Å². The fraction of sp³-hybridized carbons (Fsp3) is 0.333. The van der Waals surface area contributed by atoms with E-state index in [1.54, 1.807) is 0 Å². The predicted octanol–water partition coefficient (Wildman–Crippen LogP) is -0.181. The molecule has 0 unspecified atom stereocenters. The van der Waals surface area contributed by atoms with Crippen molar-refractivity contribution in [1.82, 2.24) is 4.98 Å². The number of hydrogen-bond donors (Lipinski definition) is 3. The van der Waals surface area contributed by atoms with Crippen LogP contribution in [0.1, 0.15) is 10.4 Å². The van der Waals surface area contributed by atoms with E-state index in [0.717, 1.165) is 6.26 Å². The molecule has 17 heavy (non-hydrogen) atoms. The normalized spacial score (nSPS) is 11.1. The van der Waals surface area contributed by atoms with E-state index >= 15 is 0 Å². The van der Waals surface area contributed by atoms with Crippen LogP contribution in [0.4, 0.5) is 11.5 Å². The molecule has 1 rings (SSSR count). The molecule has 0 saturated carbocycles. The first-order valence-corrected chi connectivity index (χ1v) is 6.76. The highest BCUT2D eigenvalue weighted by Gasteiger charge is 2.12. The van der Waals surface area contributed by atoms with Crippen LogP contribution < -0.4 is 11.1 Å². The van der Waals surface area contributed by atoms with Crippen LogP contribution >= 0.6 is 0 Å². The van der Waals surface area contributed by atoms with E-state index in [0.29, 0.717) is 0 Å². The summed E-state index contributed by atoms with van der Waals surface area (Å²) in [6, 6.07) is 1.28. The molecule has 0 spiro atoms. The van der Waals surface area contributed by atoms with E-state index in [4.69, 9.17) is 10.8 Å². The summed E-state index contributed by atoms with van der Waals surface area (Å²) < 4.78 is 21.8. The topological polar surface area (TPSA) is 122 Å². The number of nitrogen functional groups attached to an aromatic ring is 1. The predicted molar refractivity (Wildman–Crippen MR) is 63.8 cm³/mol. The van der Waals surface area contributed by atoms with Gasteiger partial charge in [0.25, 0.3) is 0 Å². The first-order valence-electron chi connectivity index (χ1n) is 4.70. The number of hydrogen-bond acceptors (Lipinski definition) is 6. The molecular formula is C9H13N3O4S. The van der Waals surface area contributed by atoms with Crippen LogP contribution in [0, 0.1) is 0 Å². The largest absolute Gasteiger partial charge is 0.478 e. The maximum atomic E-state index is 10.9. The zero-order chi connectivity index (χ0) is 13.1. The minimum absolute atomic E-state index is 0.00602. The number of nitrogens with two attached hydrogens (primary N) is 1. The number of carboxylic acids is 1. The summed E-state index contributed by atoms with van der Waals surface area (Å²) in [6.07, 6.45) is 2.40. The summed E-state index contributed by atoms with van der Waals surface area (Å²) in [6.45, 7) is 0.124. The summed E-state index contributed by atoms with van der Waals surface area (Å²) >= 11 is 0. The Kier molecular flexibility index (Phi) is 3.89. The average Bonchev–Trinajstić information content (AvgIpc) is 2.18. The fourth-order valence-electron chi connectivity index (χ4n) is 1.16. The van der Waals surface area contributed by atoms with Gasteiger partial charge < -0.3 is 16.2 Å². The summed E-state index contributed by atoms with van der Waals surface area (Å²) in [5.74, 6) is -1.06. The van der Waals surface area contributed by atoms with Crippen LogP contribution in [0.15, 0.2) is 12.3 Å². The van der Waals surface area contributed by atoms with Crippen LogP contribution in [0.2, 0.25) is 0 Å². The third-order valence-electron chi connectivity index (χ3n) is 1.99. The number of pyridine rings is 1. The van der Waals surface area contributed by atoms with Gasteiger partial charge in [0.1, 0.15) is 15.7 Å².